The molecule has 3 rings (SSSR count). The summed E-state index contributed by atoms with van der Waals surface area (Å²) in [6.07, 6.45) is 3.20. The van der Waals surface area contributed by atoms with Gasteiger partial charge in [0.1, 0.15) is 12.4 Å². The van der Waals surface area contributed by atoms with E-state index in [4.69, 9.17) is 4.74 Å². The van der Waals surface area contributed by atoms with E-state index in [-0.39, 0.29) is 11.8 Å². The van der Waals surface area contributed by atoms with Crippen molar-refractivity contribution in [3.63, 3.8) is 0 Å². The van der Waals surface area contributed by atoms with Gasteiger partial charge in [-0.05, 0) is 47.0 Å². The van der Waals surface area contributed by atoms with Crippen molar-refractivity contribution in [1.82, 2.24) is 10.6 Å². The fourth-order valence-electron chi connectivity index (χ4n) is 2.85. The summed E-state index contributed by atoms with van der Waals surface area (Å²) in [6, 6.07) is 24.5. The van der Waals surface area contributed by atoms with Crippen molar-refractivity contribution < 1.29 is 14.3 Å². The highest BCUT2D eigenvalue weighted by molar-refractivity contribution is 5.94. The van der Waals surface area contributed by atoms with Crippen molar-refractivity contribution in [1.29, 1.82) is 0 Å². The van der Waals surface area contributed by atoms with Crippen molar-refractivity contribution in [2.24, 2.45) is 0 Å². The van der Waals surface area contributed by atoms with Crippen LogP contribution >= 0.6 is 0 Å². The van der Waals surface area contributed by atoms with Crippen LogP contribution in [-0.4, -0.2) is 18.9 Å². The number of carbonyl (C=O) groups is 2. The molecule has 0 saturated carbocycles. The van der Waals surface area contributed by atoms with Crippen LogP contribution in [0.4, 0.5) is 0 Å². The first-order valence-corrected chi connectivity index (χ1v) is 9.68. The third-order valence-corrected chi connectivity index (χ3v) is 4.54. The van der Waals surface area contributed by atoms with E-state index < -0.39 is 0 Å². The average molecular weight is 400 g/mol. The minimum Gasteiger partial charge on any atom is -0.489 e. The van der Waals surface area contributed by atoms with Crippen molar-refractivity contribution in [2.45, 2.75) is 13.2 Å². The van der Waals surface area contributed by atoms with Crippen molar-refractivity contribution in [2.75, 3.05) is 7.05 Å². The van der Waals surface area contributed by atoms with Gasteiger partial charge in [0.2, 0.25) is 5.91 Å². The highest BCUT2D eigenvalue weighted by Gasteiger charge is 2.05. The topological polar surface area (TPSA) is 67.4 Å². The van der Waals surface area contributed by atoms with E-state index >= 15 is 0 Å². The van der Waals surface area contributed by atoms with Gasteiger partial charge in [-0.25, -0.2) is 0 Å². The van der Waals surface area contributed by atoms with E-state index in [9.17, 15) is 9.59 Å². The summed E-state index contributed by atoms with van der Waals surface area (Å²) in [7, 11) is 1.59. The number of benzene rings is 3. The lowest BCUT2D eigenvalue weighted by Crippen LogP contribution is -2.21. The number of para-hydroxylation sites is 1. The predicted octanol–water partition coefficient (Wildman–Crippen LogP) is 3.95. The first-order chi connectivity index (χ1) is 14.7. The molecular weight excluding hydrogens is 376 g/mol. The normalized spacial score (nSPS) is 10.6. The molecule has 5 nitrogen and oxygen atoms in total. The molecule has 0 aromatic heterocycles. The molecule has 0 saturated heterocycles. The van der Waals surface area contributed by atoms with Crippen LogP contribution in [0.25, 0.3) is 6.08 Å². The number of nitrogens with one attached hydrogen (secondary N) is 2. The Morgan fingerprint density at radius 2 is 1.53 bits per heavy atom. The fraction of sp³-hybridized carbons (Fsp3) is 0.120. The largest absolute Gasteiger partial charge is 0.489 e. The van der Waals surface area contributed by atoms with Gasteiger partial charge in [0.05, 0.1) is 0 Å². The van der Waals surface area contributed by atoms with Crippen LogP contribution in [0.5, 0.6) is 5.75 Å². The summed E-state index contributed by atoms with van der Waals surface area (Å²) < 4.78 is 5.82. The van der Waals surface area contributed by atoms with E-state index in [0.29, 0.717) is 18.7 Å². The molecule has 0 aliphatic heterocycles. The van der Waals surface area contributed by atoms with Crippen molar-refractivity contribution in [3.8, 4) is 5.75 Å². The Kier molecular flexibility index (Phi) is 7.39. The number of rotatable bonds is 8. The maximum Gasteiger partial charge on any atom is 0.251 e. The molecule has 2 N–H and O–H groups in total. The van der Waals surface area contributed by atoms with Gasteiger partial charge in [0, 0.05) is 25.2 Å². The summed E-state index contributed by atoms with van der Waals surface area (Å²) >= 11 is 0. The molecule has 0 atom stereocenters. The monoisotopic (exact) mass is 400 g/mol. The van der Waals surface area contributed by atoms with Crippen LogP contribution < -0.4 is 15.4 Å². The summed E-state index contributed by atoms with van der Waals surface area (Å²) in [5, 5.41) is 5.48. The second-order valence-electron chi connectivity index (χ2n) is 6.62. The van der Waals surface area contributed by atoms with Crippen LogP contribution in [-0.2, 0) is 17.9 Å². The van der Waals surface area contributed by atoms with E-state index in [0.717, 1.165) is 22.4 Å². The quantitative estimate of drug-likeness (QED) is 0.563. The first-order valence-electron chi connectivity index (χ1n) is 9.68. The molecule has 0 fully saturated rings. The number of carbonyl (C=O) groups excluding carboxylic acids is 2. The van der Waals surface area contributed by atoms with E-state index in [1.54, 1.807) is 37.4 Å². The minimum atomic E-state index is -0.191. The summed E-state index contributed by atoms with van der Waals surface area (Å²) in [5.41, 5.74) is 3.45. The van der Waals surface area contributed by atoms with E-state index in [1.807, 2.05) is 54.6 Å². The number of ether oxygens (including phenoxy) is 1. The molecule has 5 heteroatoms. The van der Waals surface area contributed by atoms with Gasteiger partial charge in [-0.2, -0.15) is 0 Å². The van der Waals surface area contributed by atoms with Crippen molar-refractivity contribution >= 4 is 17.9 Å². The molecule has 0 unspecified atom stereocenters. The maximum atomic E-state index is 12.2. The van der Waals surface area contributed by atoms with E-state index in [2.05, 4.69) is 10.6 Å². The summed E-state index contributed by atoms with van der Waals surface area (Å²) in [5.74, 6) is 0.476. The number of amides is 2. The fourth-order valence-corrected chi connectivity index (χ4v) is 2.85. The molecule has 30 heavy (non-hydrogen) atoms. The van der Waals surface area contributed by atoms with Gasteiger partial charge >= 0.3 is 0 Å². The number of hydrogen-bond donors (Lipinski definition) is 2. The predicted molar refractivity (Wildman–Crippen MR) is 118 cm³/mol. The Bertz CT molecular complexity index is 1010. The standard InChI is InChI=1S/C25H24N2O3/c1-26-25(29)20-14-11-19(12-15-20)13-16-24(28)27-17-21-7-5-6-8-22(21)18-30-23-9-3-2-4-10-23/h2-16H,17-18H2,1H3,(H,26,29)(H,27,28)/b16-13+. The highest BCUT2D eigenvalue weighted by atomic mass is 16.5. The van der Waals surface area contributed by atoms with Crippen LogP contribution in [0.1, 0.15) is 27.0 Å². The lowest BCUT2D eigenvalue weighted by molar-refractivity contribution is -0.116. The molecule has 0 spiro atoms. The SMILES string of the molecule is CNC(=O)c1ccc(/C=C/C(=O)NCc2ccccc2COc2ccccc2)cc1. The summed E-state index contributed by atoms with van der Waals surface area (Å²) in [6.45, 7) is 0.844. The van der Waals surface area contributed by atoms with Gasteiger partial charge in [0.25, 0.3) is 5.91 Å². The second-order valence-corrected chi connectivity index (χ2v) is 6.62. The first kappa shape index (κ1) is 20.9. The lowest BCUT2D eigenvalue weighted by Gasteiger charge is -2.11. The Balaban J connectivity index is 1.54. The molecule has 0 radical (unpaired) electrons. The molecule has 0 aliphatic rings. The Morgan fingerprint density at radius 3 is 2.23 bits per heavy atom. The number of hydrogen-bond acceptors (Lipinski definition) is 3. The molecule has 0 bridgehead atoms. The Morgan fingerprint density at radius 1 is 0.867 bits per heavy atom. The van der Waals surface area contributed by atoms with Gasteiger partial charge in [-0.1, -0.05) is 54.6 Å². The third-order valence-electron chi connectivity index (χ3n) is 4.54. The lowest BCUT2D eigenvalue weighted by atomic mass is 10.1. The Labute approximate surface area is 176 Å². The zero-order valence-electron chi connectivity index (χ0n) is 16.8. The van der Waals surface area contributed by atoms with Crippen LogP contribution in [0, 0.1) is 0 Å². The van der Waals surface area contributed by atoms with Crippen LogP contribution in [0.3, 0.4) is 0 Å². The van der Waals surface area contributed by atoms with Crippen molar-refractivity contribution in [3.05, 3.63) is 107 Å². The molecular formula is C25H24N2O3. The molecule has 0 heterocycles. The maximum absolute atomic E-state index is 12.2. The molecule has 152 valence electrons. The molecule has 0 aliphatic carbocycles. The molecule has 3 aromatic carbocycles. The van der Waals surface area contributed by atoms with Gasteiger partial charge in [0.15, 0.2) is 0 Å². The molecule has 3 aromatic rings. The zero-order chi connectivity index (χ0) is 21.2. The second kappa shape index (κ2) is 10.6. The zero-order valence-corrected chi connectivity index (χ0v) is 16.8. The highest BCUT2D eigenvalue weighted by Crippen LogP contribution is 2.15. The summed E-state index contributed by atoms with van der Waals surface area (Å²) in [4.78, 5) is 23.8. The molecule has 2 amide bonds. The third kappa shape index (κ3) is 6.07. The smallest absolute Gasteiger partial charge is 0.251 e. The van der Waals surface area contributed by atoms with E-state index in [1.165, 1.54) is 6.08 Å². The minimum absolute atomic E-state index is 0.141. The Hall–Kier alpha value is -3.86. The average Bonchev–Trinajstić information content (AvgIpc) is 2.81. The van der Waals surface area contributed by atoms with Crippen LogP contribution in [0.15, 0.2) is 84.9 Å². The van der Waals surface area contributed by atoms with Crippen LogP contribution in [0.2, 0.25) is 0 Å². The van der Waals surface area contributed by atoms with Gasteiger partial charge < -0.3 is 15.4 Å². The van der Waals surface area contributed by atoms with Gasteiger partial charge in [-0.3, -0.25) is 9.59 Å². The van der Waals surface area contributed by atoms with Gasteiger partial charge in [-0.15, -0.1) is 0 Å².